The minimum absolute atomic E-state index is 0.0208. The van der Waals surface area contributed by atoms with E-state index in [9.17, 15) is 9.59 Å². The molecule has 1 fully saturated rings. The molecule has 1 aromatic carbocycles. The average molecular weight is 574 g/mol. The Labute approximate surface area is 250 Å². The molecule has 0 radical (unpaired) electrons. The lowest BCUT2D eigenvalue weighted by Gasteiger charge is -2.25. The topological polar surface area (TPSA) is 79.2 Å². The number of hydrogen-bond donors (Lipinski definition) is 1. The van der Waals surface area contributed by atoms with Crippen LogP contribution in [-0.2, 0) is 0 Å². The smallest absolute Gasteiger partial charge is 0.276 e. The highest BCUT2D eigenvalue weighted by molar-refractivity contribution is 6.07. The Bertz CT molecular complexity index is 1340. The van der Waals surface area contributed by atoms with Crippen molar-refractivity contribution < 1.29 is 14.3 Å². The number of amides is 2. The zero-order valence-corrected chi connectivity index (χ0v) is 25.9. The van der Waals surface area contributed by atoms with Crippen LogP contribution in [0.2, 0.25) is 0 Å². The lowest BCUT2D eigenvalue weighted by atomic mass is 10.1. The Morgan fingerprint density at radius 3 is 2.29 bits per heavy atom. The first-order chi connectivity index (χ1) is 20.2. The minimum atomic E-state index is -0.301. The van der Waals surface area contributed by atoms with Gasteiger partial charge in [-0.25, -0.2) is 4.52 Å². The van der Waals surface area contributed by atoms with E-state index in [1.54, 1.807) is 42.1 Å². The van der Waals surface area contributed by atoms with Gasteiger partial charge in [-0.05, 0) is 87.0 Å². The summed E-state index contributed by atoms with van der Waals surface area (Å²) < 4.78 is 6.94. The fourth-order valence-electron chi connectivity index (χ4n) is 5.18. The van der Waals surface area contributed by atoms with Gasteiger partial charge in [0.2, 0.25) is 0 Å². The highest BCUT2D eigenvalue weighted by Gasteiger charge is 2.22. The van der Waals surface area contributed by atoms with E-state index < -0.39 is 0 Å². The van der Waals surface area contributed by atoms with Crippen molar-refractivity contribution in [2.24, 2.45) is 11.8 Å². The van der Waals surface area contributed by atoms with Crippen molar-refractivity contribution >= 4 is 29.1 Å². The van der Waals surface area contributed by atoms with E-state index in [4.69, 9.17) is 4.74 Å². The molecule has 8 heteroatoms. The number of benzene rings is 1. The normalized spacial score (nSPS) is 14.3. The molecule has 0 bridgehead atoms. The van der Waals surface area contributed by atoms with Gasteiger partial charge in [-0.15, -0.1) is 0 Å². The molecule has 3 heterocycles. The minimum Gasteiger partial charge on any atom is -0.497 e. The van der Waals surface area contributed by atoms with Gasteiger partial charge < -0.3 is 15.0 Å². The van der Waals surface area contributed by atoms with E-state index in [-0.39, 0.29) is 11.8 Å². The number of nitrogens with one attached hydrogen (secondary N) is 1. The first kappa shape index (κ1) is 31.3. The third kappa shape index (κ3) is 8.44. The first-order valence-corrected chi connectivity index (χ1v) is 15.4. The number of methoxy groups -OCH3 is 1. The summed E-state index contributed by atoms with van der Waals surface area (Å²) in [6, 6.07) is 10.9. The molecule has 42 heavy (non-hydrogen) atoms. The second-order valence-electron chi connectivity index (χ2n) is 12.1. The first-order valence-electron chi connectivity index (χ1n) is 15.4. The average Bonchev–Trinajstić information content (AvgIpc) is 3.35. The van der Waals surface area contributed by atoms with E-state index in [1.807, 2.05) is 23.1 Å². The summed E-state index contributed by atoms with van der Waals surface area (Å²) in [5.74, 6) is 1.47. The van der Waals surface area contributed by atoms with Crippen LogP contribution >= 0.6 is 0 Å². The van der Waals surface area contributed by atoms with Gasteiger partial charge in [0, 0.05) is 42.6 Å². The third-order valence-corrected chi connectivity index (χ3v) is 7.82. The van der Waals surface area contributed by atoms with E-state index in [2.05, 4.69) is 49.1 Å². The molecule has 3 aromatic rings. The molecule has 2 aromatic heterocycles. The molecule has 1 N–H and O–H groups in total. The van der Waals surface area contributed by atoms with Crippen LogP contribution in [0.1, 0.15) is 86.2 Å². The number of pyridine rings is 1. The molecular weight excluding hydrogens is 526 g/mol. The summed E-state index contributed by atoms with van der Waals surface area (Å²) in [7, 11) is 1.61. The summed E-state index contributed by atoms with van der Waals surface area (Å²) in [6.07, 6.45) is 11.5. The maximum atomic E-state index is 13.8. The highest BCUT2D eigenvalue weighted by Crippen LogP contribution is 2.23. The molecule has 0 aliphatic carbocycles. The second kappa shape index (κ2) is 15.0. The predicted molar refractivity (Wildman–Crippen MR) is 170 cm³/mol. The third-order valence-electron chi connectivity index (χ3n) is 7.82. The van der Waals surface area contributed by atoms with E-state index in [0.29, 0.717) is 34.3 Å². The fourth-order valence-corrected chi connectivity index (χ4v) is 5.18. The number of aromatic nitrogens is 2. The number of anilines is 1. The van der Waals surface area contributed by atoms with Gasteiger partial charge in [0.15, 0.2) is 5.69 Å². The van der Waals surface area contributed by atoms with Gasteiger partial charge in [0.1, 0.15) is 5.75 Å². The number of nitrogens with zero attached hydrogens (tertiary/aromatic N) is 4. The second-order valence-corrected chi connectivity index (χ2v) is 12.1. The predicted octanol–water partition coefficient (Wildman–Crippen LogP) is 6.63. The Balaban J connectivity index is 1.66. The fraction of sp³-hybridized carbons (Fsp3) is 0.500. The van der Waals surface area contributed by atoms with Gasteiger partial charge in [0.05, 0.1) is 12.6 Å². The molecule has 226 valence electrons. The lowest BCUT2D eigenvalue weighted by molar-refractivity contribution is 0.0740. The van der Waals surface area contributed by atoms with Gasteiger partial charge in [0.25, 0.3) is 11.8 Å². The number of likely N-dealkylation sites (tertiary alicyclic amines) is 1. The summed E-state index contributed by atoms with van der Waals surface area (Å²) in [6.45, 7) is 13.2. The van der Waals surface area contributed by atoms with E-state index in [0.717, 1.165) is 56.8 Å². The van der Waals surface area contributed by atoms with Crippen LogP contribution in [0, 0.1) is 11.8 Å². The summed E-state index contributed by atoms with van der Waals surface area (Å²) in [4.78, 5) is 31.7. The Kier molecular flexibility index (Phi) is 11.2. The summed E-state index contributed by atoms with van der Waals surface area (Å²) >= 11 is 0. The van der Waals surface area contributed by atoms with Gasteiger partial charge in [-0.1, -0.05) is 46.3 Å². The van der Waals surface area contributed by atoms with Crippen molar-refractivity contribution in [3.8, 4) is 5.75 Å². The Morgan fingerprint density at radius 2 is 1.67 bits per heavy atom. The lowest BCUT2D eigenvalue weighted by Crippen LogP contribution is -2.34. The quantitative estimate of drug-likeness (QED) is 0.248. The number of carbonyl (C=O) groups excluding carboxylic acids is 2. The molecular formula is C34H47N5O3. The van der Waals surface area contributed by atoms with Crippen molar-refractivity contribution in [1.82, 2.24) is 19.4 Å². The van der Waals surface area contributed by atoms with Gasteiger partial charge in [-0.2, -0.15) is 5.10 Å². The van der Waals surface area contributed by atoms with Crippen molar-refractivity contribution in [2.75, 3.05) is 45.2 Å². The summed E-state index contributed by atoms with van der Waals surface area (Å²) in [5.41, 5.74) is 3.04. The van der Waals surface area contributed by atoms with Gasteiger partial charge in [-0.3, -0.25) is 14.5 Å². The van der Waals surface area contributed by atoms with Crippen LogP contribution in [0.4, 0.5) is 5.69 Å². The molecule has 8 nitrogen and oxygen atoms in total. The van der Waals surface area contributed by atoms with Gasteiger partial charge >= 0.3 is 0 Å². The van der Waals surface area contributed by atoms with Crippen molar-refractivity contribution in [3.05, 3.63) is 65.5 Å². The molecule has 0 unspecified atom stereocenters. The maximum absolute atomic E-state index is 13.8. The zero-order chi connectivity index (χ0) is 30.1. The van der Waals surface area contributed by atoms with Crippen LogP contribution in [0.15, 0.2) is 48.7 Å². The highest BCUT2D eigenvalue weighted by atomic mass is 16.5. The van der Waals surface area contributed by atoms with Crippen molar-refractivity contribution in [3.63, 3.8) is 0 Å². The number of rotatable bonds is 13. The number of carbonyl (C=O) groups is 2. The maximum Gasteiger partial charge on any atom is 0.276 e. The Hall–Kier alpha value is -3.65. The summed E-state index contributed by atoms with van der Waals surface area (Å²) in [5, 5.41) is 7.63. The molecule has 0 spiro atoms. The number of piperidine rings is 1. The molecule has 1 aliphatic heterocycles. The van der Waals surface area contributed by atoms with Crippen LogP contribution in [-0.4, -0.2) is 71.1 Å². The number of hydrogen-bond acceptors (Lipinski definition) is 5. The molecule has 0 saturated carbocycles. The van der Waals surface area contributed by atoms with Crippen LogP contribution in [0.3, 0.4) is 0 Å². The number of fused-ring (bicyclic) bond motifs is 1. The van der Waals surface area contributed by atoms with Crippen LogP contribution < -0.4 is 10.1 Å². The molecule has 0 atom stereocenters. The van der Waals surface area contributed by atoms with Crippen LogP contribution in [0.5, 0.6) is 5.75 Å². The van der Waals surface area contributed by atoms with Crippen molar-refractivity contribution in [2.45, 2.75) is 59.8 Å². The SMILES string of the molecule is COc1ccc(NC(=O)c2nn3ccc(C(=O)N(CCC(C)C)CCC(C)C)cc3c2C=CCN2CCCCC2)cc1. The molecule has 4 rings (SSSR count). The molecule has 1 saturated heterocycles. The van der Waals surface area contributed by atoms with E-state index >= 15 is 0 Å². The Morgan fingerprint density at radius 1 is 1.00 bits per heavy atom. The monoisotopic (exact) mass is 573 g/mol. The number of ether oxygens (including phenoxy) is 1. The van der Waals surface area contributed by atoms with E-state index in [1.165, 1.54) is 19.3 Å². The van der Waals surface area contributed by atoms with Crippen LogP contribution in [0.25, 0.3) is 11.6 Å². The molecule has 2 amide bonds. The largest absolute Gasteiger partial charge is 0.497 e. The van der Waals surface area contributed by atoms with Crippen molar-refractivity contribution in [1.29, 1.82) is 0 Å². The molecule has 1 aliphatic rings. The zero-order valence-electron chi connectivity index (χ0n) is 25.9. The standard InChI is InChI=1S/C34H47N5O3/c1-25(2)15-21-38(22-16-26(3)4)34(41)27-17-23-39-31(24-27)30(10-9-20-37-18-7-6-8-19-37)32(36-39)33(40)35-28-11-13-29(42-5)14-12-28/h9-14,17,23-26H,6-8,15-16,18-22H2,1-5H3,(H,35,40).